The summed E-state index contributed by atoms with van der Waals surface area (Å²) in [4.78, 5) is 28.8. The van der Waals surface area contributed by atoms with Crippen molar-refractivity contribution in [3.8, 4) is 5.75 Å². The summed E-state index contributed by atoms with van der Waals surface area (Å²) in [7, 11) is 0. The molecule has 3 rings (SSSR count). The highest BCUT2D eigenvalue weighted by Gasteiger charge is 2.24. The number of aryl methyl sites for hydroxylation is 1. The molecule has 1 aliphatic rings. The number of anilines is 2. The maximum atomic E-state index is 12.4. The maximum absolute atomic E-state index is 12.4. The second kappa shape index (κ2) is 9.45. The number of hydrogen-bond donors (Lipinski definition) is 1. The van der Waals surface area contributed by atoms with Gasteiger partial charge in [0.25, 0.3) is 5.91 Å². The number of amides is 2. The van der Waals surface area contributed by atoms with E-state index in [0.29, 0.717) is 18.8 Å². The Labute approximate surface area is 172 Å². The number of ether oxygens (including phenoxy) is 1. The lowest BCUT2D eigenvalue weighted by atomic mass is 10.1. The summed E-state index contributed by atoms with van der Waals surface area (Å²) in [5, 5.41) is 2.96. The average molecular weight is 396 g/mol. The third kappa shape index (κ3) is 5.28. The molecule has 1 N–H and O–H groups in total. The van der Waals surface area contributed by atoms with E-state index in [0.717, 1.165) is 30.0 Å². The van der Waals surface area contributed by atoms with Crippen LogP contribution in [0.4, 0.5) is 11.4 Å². The average Bonchev–Trinajstić information content (AvgIpc) is 2.73. The van der Waals surface area contributed by atoms with Crippen LogP contribution < -0.4 is 15.0 Å². The molecule has 1 aliphatic heterocycles. The molecule has 154 valence electrons. The summed E-state index contributed by atoms with van der Waals surface area (Å²) >= 11 is 0. The molecule has 1 heterocycles. The third-order valence-electron chi connectivity index (χ3n) is 5.06. The standard InChI is InChI=1S/C23H29N3O3/c1-17(2)23(28)26-14-12-25(13-15-26)20-10-6-5-9-19(20)24-22(27)16-29-21-11-7-4-8-18(21)3/h4-11,17H,12-16H2,1-3H3,(H,24,27). The predicted molar refractivity (Wildman–Crippen MR) is 115 cm³/mol. The first-order valence-electron chi connectivity index (χ1n) is 10.1. The second-order valence-electron chi connectivity index (χ2n) is 7.59. The lowest BCUT2D eigenvalue weighted by Gasteiger charge is -2.37. The van der Waals surface area contributed by atoms with Crippen molar-refractivity contribution in [2.75, 3.05) is 43.0 Å². The van der Waals surface area contributed by atoms with Crippen LogP contribution >= 0.6 is 0 Å². The van der Waals surface area contributed by atoms with E-state index in [1.165, 1.54) is 0 Å². The number of carbonyl (C=O) groups excluding carboxylic acids is 2. The maximum Gasteiger partial charge on any atom is 0.262 e. The Morgan fingerprint density at radius 3 is 2.34 bits per heavy atom. The van der Waals surface area contributed by atoms with Crippen LogP contribution in [0.5, 0.6) is 5.75 Å². The second-order valence-corrected chi connectivity index (χ2v) is 7.59. The van der Waals surface area contributed by atoms with Crippen LogP contribution in [0.15, 0.2) is 48.5 Å². The molecule has 0 aromatic heterocycles. The fourth-order valence-electron chi connectivity index (χ4n) is 3.44. The van der Waals surface area contributed by atoms with Gasteiger partial charge in [-0.05, 0) is 30.7 Å². The first kappa shape index (κ1) is 20.7. The molecule has 1 fully saturated rings. The lowest BCUT2D eigenvalue weighted by molar-refractivity contribution is -0.134. The predicted octanol–water partition coefficient (Wildman–Crippen LogP) is 3.32. The van der Waals surface area contributed by atoms with Crippen molar-refractivity contribution in [1.82, 2.24) is 4.90 Å². The van der Waals surface area contributed by atoms with Gasteiger partial charge in [0.15, 0.2) is 6.61 Å². The van der Waals surface area contributed by atoms with Crippen molar-refractivity contribution < 1.29 is 14.3 Å². The normalized spacial score (nSPS) is 14.1. The van der Waals surface area contributed by atoms with Gasteiger partial charge in [-0.1, -0.05) is 44.2 Å². The van der Waals surface area contributed by atoms with Gasteiger partial charge >= 0.3 is 0 Å². The van der Waals surface area contributed by atoms with Crippen molar-refractivity contribution in [2.24, 2.45) is 5.92 Å². The van der Waals surface area contributed by atoms with E-state index in [-0.39, 0.29) is 24.3 Å². The number of nitrogens with one attached hydrogen (secondary N) is 1. The summed E-state index contributed by atoms with van der Waals surface area (Å²) in [5.41, 5.74) is 2.72. The number of para-hydroxylation sites is 3. The molecule has 2 aromatic carbocycles. The largest absolute Gasteiger partial charge is 0.483 e. The Kier molecular flexibility index (Phi) is 6.75. The van der Waals surface area contributed by atoms with E-state index < -0.39 is 0 Å². The van der Waals surface area contributed by atoms with Crippen molar-refractivity contribution in [3.63, 3.8) is 0 Å². The van der Waals surface area contributed by atoms with Crippen LogP contribution in [-0.4, -0.2) is 49.5 Å². The van der Waals surface area contributed by atoms with Gasteiger partial charge in [0.1, 0.15) is 5.75 Å². The Hall–Kier alpha value is -3.02. The van der Waals surface area contributed by atoms with E-state index in [4.69, 9.17) is 4.74 Å². The molecule has 6 nitrogen and oxygen atoms in total. The molecule has 0 radical (unpaired) electrons. The van der Waals surface area contributed by atoms with Crippen molar-refractivity contribution in [2.45, 2.75) is 20.8 Å². The van der Waals surface area contributed by atoms with Crippen LogP contribution in [0, 0.1) is 12.8 Å². The first-order valence-corrected chi connectivity index (χ1v) is 10.1. The van der Waals surface area contributed by atoms with E-state index in [9.17, 15) is 9.59 Å². The summed E-state index contributed by atoms with van der Waals surface area (Å²) in [6, 6.07) is 15.4. The monoisotopic (exact) mass is 395 g/mol. The Bertz CT molecular complexity index is 858. The highest BCUT2D eigenvalue weighted by Crippen LogP contribution is 2.27. The van der Waals surface area contributed by atoms with E-state index in [2.05, 4.69) is 10.2 Å². The summed E-state index contributed by atoms with van der Waals surface area (Å²) in [6.45, 7) is 8.63. The number of benzene rings is 2. The molecule has 6 heteroatoms. The molecular weight excluding hydrogens is 366 g/mol. The van der Waals surface area contributed by atoms with Crippen LogP contribution in [-0.2, 0) is 9.59 Å². The number of piperazine rings is 1. The van der Waals surface area contributed by atoms with Gasteiger partial charge in [0.05, 0.1) is 11.4 Å². The smallest absolute Gasteiger partial charge is 0.262 e. The van der Waals surface area contributed by atoms with Gasteiger partial charge in [-0.15, -0.1) is 0 Å². The molecule has 2 amide bonds. The van der Waals surface area contributed by atoms with Crippen molar-refractivity contribution >= 4 is 23.2 Å². The zero-order chi connectivity index (χ0) is 20.8. The van der Waals surface area contributed by atoms with Crippen LogP contribution in [0.3, 0.4) is 0 Å². The molecule has 0 saturated carbocycles. The zero-order valence-electron chi connectivity index (χ0n) is 17.4. The fraction of sp³-hybridized carbons (Fsp3) is 0.391. The zero-order valence-corrected chi connectivity index (χ0v) is 17.4. The Morgan fingerprint density at radius 2 is 1.66 bits per heavy atom. The van der Waals surface area contributed by atoms with Gasteiger partial charge in [0.2, 0.25) is 5.91 Å². The molecule has 0 atom stereocenters. The molecular formula is C23H29N3O3. The van der Waals surface area contributed by atoms with Crippen LogP contribution in [0.2, 0.25) is 0 Å². The quantitative estimate of drug-likeness (QED) is 0.815. The minimum absolute atomic E-state index is 0.0152. The molecule has 0 aliphatic carbocycles. The number of rotatable bonds is 6. The molecule has 1 saturated heterocycles. The number of carbonyl (C=O) groups is 2. The van der Waals surface area contributed by atoms with Gasteiger partial charge < -0.3 is 19.9 Å². The Balaban J connectivity index is 1.60. The van der Waals surface area contributed by atoms with Gasteiger partial charge in [-0.2, -0.15) is 0 Å². The topological polar surface area (TPSA) is 61.9 Å². The summed E-state index contributed by atoms with van der Waals surface area (Å²) in [5.74, 6) is 0.720. The number of nitrogens with zero attached hydrogens (tertiary/aromatic N) is 2. The summed E-state index contributed by atoms with van der Waals surface area (Å²) in [6.07, 6.45) is 0. The Morgan fingerprint density at radius 1 is 1.00 bits per heavy atom. The molecule has 29 heavy (non-hydrogen) atoms. The van der Waals surface area contributed by atoms with Crippen molar-refractivity contribution in [1.29, 1.82) is 0 Å². The highest BCUT2D eigenvalue weighted by molar-refractivity contribution is 5.95. The first-order chi connectivity index (χ1) is 14.0. The van der Waals surface area contributed by atoms with E-state index in [1.54, 1.807) is 0 Å². The van der Waals surface area contributed by atoms with Gasteiger partial charge in [-0.3, -0.25) is 9.59 Å². The lowest BCUT2D eigenvalue weighted by Crippen LogP contribution is -2.50. The minimum Gasteiger partial charge on any atom is -0.483 e. The van der Waals surface area contributed by atoms with Gasteiger partial charge in [-0.25, -0.2) is 0 Å². The fourth-order valence-corrected chi connectivity index (χ4v) is 3.44. The highest BCUT2D eigenvalue weighted by atomic mass is 16.5. The van der Waals surface area contributed by atoms with E-state index in [1.807, 2.05) is 74.2 Å². The third-order valence-corrected chi connectivity index (χ3v) is 5.06. The molecule has 0 unspecified atom stereocenters. The van der Waals surface area contributed by atoms with Crippen LogP contribution in [0.1, 0.15) is 19.4 Å². The van der Waals surface area contributed by atoms with E-state index >= 15 is 0 Å². The summed E-state index contributed by atoms with van der Waals surface area (Å²) < 4.78 is 5.65. The minimum atomic E-state index is -0.200. The van der Waals surface area contributed by atoms with Gasteiger partial charge in [0, 0.05) is 32.1 Å². The van der Waals surface area contributed by atoms with Crippen LogP contribution in [0.25, 0.3) is 0 Å². The molecule has 0 bridgehead atoms. The number of hydrogen-bond acceptors (Lipinski definition) is 4. The molecule has 2 aromatic rings. The van der Waals surface area contributed by atoms with Crippen molar-refractivity contribution in [3.05, 3.63) is 54.1 Å². The molecule has 0 spiro atoms. The SMILES string of the molecule is Cc1ccccc1OCC(=O)Nc1ccccc1N1CCN(C(=O)C(C)C)CC1.